The van der Waals surface area contributed by atoms with Gasteiger partial charge in [0.1, 0.15) is 12.6 Å². The lowest BCUT2D eigenvalue weighted by Crippen LogP contribution is -2.18. The van der Waals surface area contributed by atoms with Crippen LogP contribution in [0.2, 0.25) is 0 Å². The van der Waals surface area contributed by atoms with E-state index >= 15 is 0 Å². The third kappa shape index (κ3) is 4.83. The Morgan fingerprint density at radius 2 is 1.95 bits per heavy atom. The van der Waals surface area contributed by atoms with Gasteiger partial charge in [-0.1, -0.05) is 35.5 Å². The quantitative estimate of drug-likeness (QED) is 0.828. The lowest BCUT2D eigenvalue weighted by molar-refractivity contribution is -0.173. The molecule has 0 saturated heterocycles. The summed E-state index contributed by atoms with van der Waals surface area (Å²) < 4.78 is 45.2. The molecular formula is C13H14F3N3O2. The molecule has 1 aromatic heterocycles. The fourth-order valence-corrected chi connectivity index (χ4v) is 1.65. The number of hydrogen-bond acceptors (Lipinski definition) is 5. The number of hydrogen-bond donors (Lipinski definition) is 1. The lowest BCUT2D eigenvalue weighted by Gasteiger charge is -2.06. The van der Waals surface area contributed by atoms with Crippen LogP contribution < -0.4 is 5.73 Å². The first-order valence-electron chi connectivity index (χ1n) is 6.23. The highest BCUT2D eigenvalue weighted by atomic mass is 19.4. The molecule has 0 bridgehead atoms. The predicted octanol–water partition coefficient (Wildman–Crippen LogP) is 2.24. The second-order valence-electron chi connectivity index (χ2n) is 4.35. The number of halogens is 3. The van der Waals surface area contributed by atoms with Crippen LogP contribution in [0.25, 0.3) is 0 Å². The van der Waals surface area contributed by atoms with Crippen LogP contribution in [-0.4, -0.2) is 29.5 Å². The van der Waals surface area contributed by atoms with Gasteiger partial charge in [-0.25, -0.2) is 0 Å². The first-order valence-corrected chi connectivity index (χ1v) is 6.23. The van der Waals surface area contributed by atoms with Crippen LogP contribution in [0.5, 0.6) is 0 Å². The summed E-state index contributed by atoms with van der Waals surface area (Å²) in [6, 6.07) is 8.59. The highest BCUT2D eigenvalue weighted by Crippen LogP contribution is 2.18. The maximum atomic E-state index is 11.9. The summed E-state index contributed by atoms with van der Waals surface area (Å²) >= 11 is 0. The molecule has 0 radical (unpaired) electrons. The van der Waals surface area contributed by atoms with Gasteiger partial charge in [-0.3, -0.25) is 0 Å². The number of rotatable bonds is 6. The number of nitrogens with zero attached hydrogens (tertiary/aromatic N) is 2. The van der Waals surface area contributed by atoms with Crippen molar-refractivity contribution in [3.8, 4) is 0 Å². The van der Waals surface area contributed by atoms with Crippen LogP contribution in [-0.2, 0) is 11.2 Å². The zero-order valence-electron chi connectivity index (χ0n) is 11.0. The summed E-state index contributed by atoms with van der Waals surface area (Å²) in [5.74, 6) is 0.477. The van der Waals surface area contributed by atoms with Crippen molar-refractivity contribution in [1.29, 1.82) is 0 Å². The first kappa shape index (κ1) is 15.5. The Bertz CT molecular complexity index is 557. The molecule has 21 heavy (non-hydrogen) atoms. The molecule has 0 aliphatic carbocycles. The molecule has 2 rings (SSSR count). The standard InChI is InChI=1S/C13H14F3N3O2/c14-13(15,16)8-20-7-6-10-18-12(21-19-10)11(17)9-4-2-1-3-5-9/h1-5,11H,6-8,17H2. The topological polar surface area (TPSA) is 74.2 Å². The predicted molar refractivity (Wildman–Crippen MR) is 67.3 cm³/mol. The zero-order chi connectivity index (χ0) is 15.3. The maximum absolute atomic E-state index is 11.9. The van der Waals surface area contributed by atoms with Crippen molar-refractivity contribution < 1.29 is 22.4 Å². The van der Waals surface area contributed by atoms with E-state index in [-0.39, 0.29) is 24.7 Å². The third-order valence-electron chi connectivity index (χ3n) is 2.64. The van der Waals surface area contributed by atoms with Crippen LogP contribution in [0, 0.1) is 0 Å². The summed E-state index contributed by atoms with van der Waals surface area (Å²) in [4.78, 5) is 4.06. The van der Waals surface area contributed by atoms with Crippen molar-refractivity contribution in [2.75, 3.05) is 13.2 Å². The van der Waals surface area contributed by atoms with Gasteiger partial charge >= 0.3 is 6.18 Å². The lowest BCUT2D eigenvalue weighted by atomic mass is 10.1. The molecule has 1 unspecified atom stereocenters. The number of aromatic nitrogens is 2. The molecule has 0 amide bonds. The van der Waals surface area contributed by atoms with Gasteiger partial charge in [0, 0.05) is 6.42 Å². The smallest absolute Gasteiger partial charge is 0.372 e. The molecule has 1 atom stereocenters. The van der Waals surface area contributed by atoms with E-state index in [1.165, 1.54) is 0 Å². The van der Waals surface area contributed by atoms with Gasteiger partial charge in [0.2, 0.25) is 5.89 Å². The first-order chi connectivity index (χ1) is 9.96. The molecule has 0 spiro atoms. The summed E-state index contributed by atoms with van der Waals surface area (Å²) in [5.41, 5.74) is 6.77. The molecule has 0 aliphatic rings. The largest absolute Gasteiger partial charge is 0.411 e. The number of ether oxygens (including phenoxy) is 1. The number of benzene rings is 1. The highest BCUT2D eigenvalue weighted by Gasteiger charge is 2.27. The molecular weight excluding hydrogens is 287 g/mol. The van der Waals surface area contributed by atoms with Gasteiger partial charge in [-0.2, -0.15) is 18.2 Å². The monoisotopic (exact) mass is 301 g/mol. The molecule has 8 heteroatoms. The molecule has 1 aromatic carbocycles. The van der Waals surface area contributed by atoms with Gasteiger partial charge in [0.05, 0.1) is 6.61 Å². The normalized spacial score (nSPS) is 13.3. The minimum absolute atomic E-state index is 0.126. The molecule has 1 heterocycles. The van der Waals surface area contributed by atoms with E-state index in [4.69, 9.17) is 10.3 Å². The summed E-state index contributed by atoms with van der Waals surface area (Å²) in [6.07, 6.45) is -4.21. The Morgan fingerprint density at radius 3 is 2.62 bits per heavy atom. The van der Waals surface area contributed by atoms with Crippen molar-refractivity contribution in [3.63, 3.8) is 0 Å². The zero-order valence-corrected chi connectivity index (χ0v) is 11.0. The SMILES string of the molecule is NC(c1ccccc1)c1nc(CCOCC(F)(F)F)no1. The van der Waals surface area contributed by atoms with E-state index in [0.29, 0.717) is 0 Å². The molecule has 0 aliphatic heterocycles. The Labute approximate surface area is 118 Å². The van der Waals surface area contributed by atoms with Gasteiger partial charge in [0.25, 0.3) is 0 Å². The number of nitrogens with two attached hydrogens (primary N) is 1. The van der Waals surface area contributed by atoms with Gasteiger partial charge in [-0.05, 0) is 5.56 Å². The Kier molecular flexibility index (Phi) is 4.92. The van der Waals surface area contributed by atoms with Crippen molar-refractivity contribution in [2.24, 2.45) is 5.73 Å². The Hall–Kier alpha value is -1.93. The van der Waals surface area contributed by atoms with E-state index in [9.17, 15) is 13.2 Å². The van der Waals surface area contributed by atoms with Crippen LogP contribution in [0.4, 0.5) is 13.2 Å². The van der Waals surface area contributed by atoms with E-state index in [2.05, 4.69) is 14.9 Å². The van der Waals surface area contributed by atoms with E-state index in [0.717, 1.165) is 5.56 Å². The van der Waals surface area contributed by atoms with Crippen LogP contribution >= 0.6 is 0 Å². The number of alkyl halides is 3. The van der Waals surface area contributed by atoms with E-state index in [1.54, 1.807) is 0 Å². The fourth-order valence-electron chi connectivity index (χ4n) is 1.65. The molecule has 2 aromatic rings. The average Bonchev–Trinajstić information content (AvgIpc) is 2.91. The molecule has 114 valence electrons. The van der Waals surface area contributed by atoms with Crippen molar-refractivity contribution in [2.45, 2.75) is 18.6 Å². The average molecular weight is 301 g/mol. The van der Waals surface area contributed by atoms with E-state index in [1.807, 2.05) is 30.3 Å². The minimum Gasteiger partial charge on any atom is -0.372 e. The van der Waals surface area contributed by atoms with Gasteiger partial charge in [-0.15, -0.1) is 0 Å². The molecule has 5 nitrogen and oxygen atoms in total. The van der Waals surface area contributed by atoms with Gasteiger partial charge in [0.15, 0.2) is 5.82 Å². The van der Waals surface area contributed by atoms with Crippen LogP contribution in [0.1, 0.15) is 23.3 Å². The third-order valence-corrected chi connectivity index (χ3v) is 2.64. The maximum Gasteiger partial charge on any atom is 0.411 e. The minimum atomic E-state index is -4.34. The summed E-state index contributed by atoms with van der Waals surface area (Å²) in [5, 5.41) is 3.67. The second kappa shape index (κ2) is 6.68. The van der Waals surface area contributed by atoms with Crippen LogP contribution in [0.15, 0.2) is 34.9 Å². The van der Waals surface area contributed by atoms with E-state index < -0.39 is 18.8 Å². The molecule has 0 saturated carbocycles. The second-order valence-corrected chi connectivity index (χ2v) is 4.35. The van der Waals surface area contributed by atoms with Crippen LogP contribution in [0.3, 0.4) is 0 Å². The van der Waals surface area contributed by atoms with Crippen molar-refractivity contribution >= 4 is 0 Å². The summed E-state index contributed by atoms with van der Waals surface area (Å²) in [6.45, 7) is -1.43. The summed E-state index contributed by atoms with van der Waals surface area (Å²) in [7, 11) is 0. The van der Waals surface area contributed by atoms with Gasteiger partial charge < -0.3 is 15.0 Å². The van der Waals surface area contributed by atoms with Crippen molar-refractivity contribution in [3.05, 3.63) is 47.6 Å². The fraction of sp³-hybridized carbons (Fsp3) is 0.385. The molecule has 2 N–H and O–H groups in total. The Morgan fingerprint density at radius 1 is 1.24 bits per heavy atom. The highest BCUT2D eigenvalue weighted by molar-refractivity contribution is 5.22. The molecule has 0 fully saturated rings. The van der Waals surface area contributed by atoms with Crippen molar-refractivity contribution in [1.82, 2.24) is 10.1 Å². The Balaban J connectivity index is 1.87.